The molecule has 2 aromatic rings. The monoisotopic (exact) mass is 262 g/mol. The summed E-state index contributed by atoms with van der Waals surface area (Å²) in [4.78, 5) is 5.80. The molecule has 0 aliphatic rings. The maximum absolute atomic E-state index is 13.1. The Bertz CT molecular complexity index is 575. The van der Waals surface area contributed by atoms with Gasteiger partial charge < -0.3 is 14.7 Å². The molecule has 0 fully saturated rings. The Hall–Kier alpha value is -2.14. The van der Waals surface area contributed by atoms with E-state index in [2.05, 4.69) is 4.98 Å². The van der Waals surface area contributed by atoms with Crippen molar-refractivity contribution in [2.75, 3.05) is 19.1 Å². The van der Waals surface area contributed by atoms with Crippen molar-refractivity contribution in [2.45, 2.75) is 6.61 Å². The Morgan fingerprint density at radius 3 is 2.84 bits per heavy atom. The van der Waals surface area contributed by atoms with Crippen molar-refractivity contribution in [2.24, 2.45) is 0 Å². The molecular weight excluding hydrogens is 247 g/mol. The maximum atomic E-state index is 13.1. The molecule has 0 unspecified atom stereocenters. The van der Waals surface area contributed by atoms with Gasteiger partial charge >= 0.3 is 0 Å². The van der Waals surface area contributed by atoms with Crippen LogP contribution < -0.4 is 9.64 Å². The van der Waals surface area contributed by atoms with Crippen LogP contribution in [0.2, 0.25) is 0 Å². The van der Waals surface area contributed by atoms with Crippen LogP contribution in [0.3, 0.4) is 0 Å². The van der Waals surface area contributed by atoms with Gasteiger partial charge in [0.15, 0.2) is 0 Å². The van der Waals surface area contributed by atoms with E-state index in [-0.39, 0.29) is 6.61 Å². The number of benzene rings is 1. The van der Waals surface area contributed by atoms with Crippen LogP contribution in [0.15, 0.2) is 36.5 Å². The van der Waals surface area contributed by atoms with E-state index in [1.807, 2.05) is 24.3 Å². The van der Waals surface area contributed by atoms with Gasteiger partial charge in [0.25, 0.3) is 0 Å². The molecule has 19 heavy (non-hydrogen) atoms. The van der Waals surface area contributed by atoms with Gasteiger partial charge in [-0.05, 0) is 18.2 Å². The zero-order chi connectivity index (χ0) is 13.8. The van der Waals surface area contributed by atoms with Crippen molar-refractivity contribution in [1.29, 1.82) is 0 Å². The summed E-state index contributed by atoms with van der Waals surface area (Å²) in [6.45, 7) is -0.269. The fraction of sp³-hybridized carbons (Fsp3) is 0.214. The average molecular weight is 262 g/mol. The molecule has 0 saturated carbocycles. The lowest BCUT2D eigenvalue weighted by molar-refractivity contribution is 0.281. The molecule has 1 heterocycles. The lowest BCUT2D eigenvalue weighted by Gasteiger charge is -2.21. The quantitative estimate of drug-likeness (QED) is 0.919. The van der Waals surface area contributed by atoms with Crippen molar-refractivity contribution >= 4 is 11.5 Å². The Morgan fingerprint density at radius 2 is 2.16 bits per heavy atom. The second kappa shape index (κ2) is 5.67. The number of pyridine rings is 1. The van der Waals surface area contributed by atoms with E-state index in [9.17, 15) is 9.50 Å². The van der Waals surface area contributed by atoms with Gasteiger partial charge in [-0.2, -0.15) is 0 Å². The molecule has 100 valence electrons. The van der Waals surface area contributed by atoms with Crippen LogP contribution in [0.1, 0.15) is 5.56 Å². The molecule has 5 heteroatoms. The molecule has 0 amide bonds. The Kier molecular flexibility index (Phi) is 3.97. The van der Waals surface area contributed by atoms with Crippen molar-refractivity contribution in [3.63, 3.8) is 0 Å². The fourth-order valence-corrected chi connectivity index (χ4v) is 1.83. The lowest BCUT2D eigenvalue weighted by atomic mass is 10.2. The number of hydrogen-bond donors (Lipinski definition) is 1. The third-order valence-corrected chi connectivity index (χ3v) is 2.84. The topological polar surface area (TPSA) is 45.6 Å². The molecule has 0 aliphatic heterocycles. The van der Waals surface area contributed by atoms with E-state index in [4.69, 9.17) is 4.74 Å². The van der Waals surface area contributed by atoms with E-state index in [1.54, 1.807) is 19.1 Å². The minimum absolute atomic E-state index is 0.269. The molecule has 2 rings (SSSR count). The molecular formula is C14H15FN2O2. The number of aliphatic hydroxyl groups excluding tert-OH is 1. The summed E-state index contributed by atoms with van der Waals surface area (Å²) in [5.41, 5.74) is 1.28. The third kappa shape index (κ3) is 2.82. The summed E-state index contributed by atoms with van der Waals surface area (Å²) >= 11 is 0. The van der Waals surface area contributed by atoms with Gasteiger partial charge in [0.05, 0.1) is 19.9 Å². The first-order chi connectivity index (χ1) is 9.15. The van der Waals surface area contributed by atoms with Crippen molar-refractivity contribution in [3.05, 3.63) is 47.9 Å². The van der Waals surface area contributed by atoms with Crippen molar-refractivity contribution in [3.8, 4) is 5.75 Å². The van der Waals surface area contributed by atoms with Crippen LogP contribution in [0.4, 0.5) is 15.9 Å². The van der Waals surface area contributed by atoms with Crippen LogP contribution in [0.5, 0.6) is 5.75 Å². The van der Waals surface area contributed by atoms with Crippen LogP contribution in [-0.2, 0) is 6.61 Å². The molecule has 0 spiro atoms. The van der Waals surface area contributed by atoms with Crippen LogP contribution in [-0.4, -0.2) is 24.2 Å². The highest BCUT2D eigenvalue weighted by molar-refractivity contribution is 5.63. The highest BCUT2D eigenvalue weighted by Crippen LogP contribution is 2.28. The molecule has 0 atom stereocenters. The van der Waals surface area contributed by atoms with Gasteiger partial charge in [0, 0.05) is 24.4 Å². The molecule has 0 aliphatic carbocycles. The molecule has 0 bridgehead atoms. The lowest BCUT2D eigenvalue weighted by Crippen LogP contribution is -2.14. The average Bonchev–Trinajstić information content (AvgIpc) is 2.46. The first-order valence-corrected chi connectivity index (χ1v) is 5.78. The summed E-state index contributed by atoms with van der Waals surface area (Å²) in [6, 6.07) is 8.69. The second-order valence-electron chi connectivity index (χ2n) is 4.05. The number of halogens is 1. The predicted molar refractivity (Wildman–Crippen MR) is 71.2 cm³/mol. The molecule has 1 aromatic carbocycles. The predicted octanol–water partition coefficient (Wildman–Crippen LogP) is 2.49. The van der Waals surface area contributed by atoms with E-state index < -0.39 is 5.82 Å². The summed E-state index contributed by atoms with van der Waals surface area (Å²) in [6.07, 6.45) is 1.13. The minimum Gasteiger partial charge on any atom is -0.497 e. The van der Waals surface area contributed by atoms with Gasteiger partial charge in [0.1, 0.15) is 17.4 Å². The number of ether oxygens (including phenoxy) is 1. The second-order valence-corrected chi connectivity index (χ2v) is 4.05. The molecule has 1 N–H and O–H groups in total. The van der Waals surface area contributed by atoms with E-state index in [0.717, 1.165) is 17.6 Å². The van der Waals surface area contributed by atoms with Gasteiger partial charge in [-0.1, -0.05) is 6.07 Å². The van der Waals surface area contributed by atoms with Crippen LogP contribution in [0, 0.1) is 5.82 Å². The van der Waals surface area contributed by atoms with Crippen LogP contribution >= 0.6 is 0 Å². The van der Waals surface area contributed by atoms with Crippen LogP contribution in [0.25, 0.3) is 0 Å². The fourth-order valence-electron chi connectivity index (χ4n) is 1.83. The first kappa shape index (κ1) is 13.3. The van der Waals surface area contributed by atoms with Gasteiger partial charge in [0.2, 0.25) is 0 Å². The number of hydrogen-bond acceptors (Lipinski definition) is 4. The number of nitrogens with zero attached hydrogens (tertiary/aromatic N) is 2. The SMILES string of the molecule is COc1cccc(N(C)c2ncc(F)cc2CO)c1. The summed E-state index contributed by atoms with van der Waals surface area (Å²) in [5.74, 6) is 0.765. The van der Waals surface area contributed by atoms with E-state index >= 15 is 0 Å². The zero-order valence-corrected chi connectivity index (χ0v) is 10.8. The Morgan fingerprint density at radius 1 is 1.37 bits per heavy atom. The van der Waals surface area contributed by atoms with Crippen molar-refractivity contribution in [1.82, 2.24) is 4.98 Å². The van der Waals surface area contributed by atoms with E-state index in [1.165, 1.54) is 6.07 Å². The highest BCUT2D eigenvalue weighted by Gasteiger charge is 2.12. The van der Waals surface area contributed by atoms with Crippen molar-refractivity contribution < 1.29 is 14.2 Å². The molecule has 1 aromatic heterocycles. The zero-order valence-electron chi connectivity index (χ0n) is 10.8. The molecule has 4 nitrogen and oxygen atoms in total. The minimum atomic E-state index is -0.466. The number of methoxy groups -OCH3 is 1. The Balaban J connectivity index is 2.40. The van der Waals surface area contributed by atoms with Gasteiger partial charge in [-0.15, -0.1) is 0 Å². The smallest absolute Gasteiger partial charge is 0.142 e. The van der Waals surface area contributed by atoms with Gasteiger partial charge in [-0.3, -0.25) is 0 Å². The maximum Gasteiger partial charge on any atom is 0.142 e. The highest BCUT2D eigenvalue weighted by atomic mass is 19.1. The van der Waals surface area contributed by atoms with E-state index in [0.29, 0.717) is 11.4 Å². The first-order valence-electron chi connectivity index (χ1n) is 5.78. The third-order valence-electron chi connectivity index (χ3n) is 2.84. The van der Waals surface area contributed by atoms with Gasteiger partial charge in [-0.25, -0.2) is 9.37 Å². The summed E-state index contributed by atoms with van der Waals surface area (Å²) in [7, 11) is 3.39. The number of rotatable bonds is 4. The normalized spacial score (nSPS) is 10.3. The number of aromatic nitrogens is 1. The summed E-state index contributed by atoms with van der Waals surface area (Å²) in [5, 5.41) is 9.28. The number of aliphatic hydroxyl groups is 1. The molecule has 0 radical (unpaired) electrons. The number of anilines is 2. The molecule has 0 saturated heterocycles. The Labute approximate surface area is 111 Å². The summed E-state index contributed by atoms with van der Waals surface area (Å²) < 4.78 is 18.3. The largest absolute Gasteiger partial charge is 0.497 e. The standard InChI is InChI=1S/C14H15FN2O2/c1-17(12-4-3-5-13(7-12)19-2)14-10(9-18)6-11(15)8-16-14/h3-8,18H,9H2,1-2H3.